The van der Waals surface area contributed by atoms with Crippen LogP contribution in [-0.2, 0) is 0 Å². The number of anilines is 1. The summed E-state index contributed by atoms with van der Waals surface area (Å²) in [5.74, 6) is -0.715. The summed E-state index contributed by atoms with van der Waals surface area (Å²) in [6.45, 7) is 1.34. The summed E-state index contributed by atoms with van der Waals surface area (Å²) in [6.07, 6.45) is 0. The van der Waals surface area contributed by atoms with E-state index >= 15 is 0 Å². The molecule has 0 heterocycles. The highest BCUT2D eigenvalue weighted by Crippen LogP contribution is 2.12. The van der Waals surface area contributed by atoms with Gasteiger partial charge >= 0.3 is 0 Å². The molecule has 0 saturated heterocycles. The van der Waals surface area contributed by atoms with Crippen molar-refractivity contribution in [1.82, 2.24) is 9.80 Å². The summed E-state index contributed by atoms with van der Waals surface area (Å²) in [7, 11) is 5.55. The van der Waals surface area contributed by atoms with Crippen molar-refractivity contribution in [2.45, 2.75) is 0 Å². The molecule has 0 spiro atoms. The Hall–Kier alpha value is -1.62. The first-order valence-corrected chi connectivity index (χ1v) is 5.36. The summed E-state index contributed by atoms with van der Waals surface area (Å²) in [4.78, 5) is 15.5. The molecule has 0 saturated carbocycles. The van der Waals surface area contributed by atoms with E-state index < -0.39 is 5.82 Å². The number of benzene rings is 1. The van der Waals surface area contributed by atoms with Crippen LogP contribution >= 0.6 is 0 Å². The van der Waals surface area contributed by atoms with E-state index in [-0.39, 0.29) is 17.2 Å². The number of carbonyl (C=O) groups excluding carboxylic acids is 1. The van der Waals surface area contributed by atoms with Gasteiger partial charge in [-0.25, -0.2) is 4.39 Å². The van der Waals surface area contributed by atoms with Gasteiger partial charge in [-0.1, -0.05) is 0 Å². The van der Waals surface area contributed by atoms with Gasteiger partial charge in [-0.2, -0.15) is 0 Å². The second-order valence-corrected chi connectivity index (χ2v) is 4.30. The van der Waals surface area contributed by atoms with Crippen LogP contribution in [0.1, 0.15) is 10.4 Å². The maximum atomic E-state index is 13.1. The van der Waals surface area contributed by atoms with E-state index in [0.29, 0.717) is 6.54 Å². The molecule has 2 N–H and O–H groups in total. The predicted molar refractivity (Wildman–Crippen MR) is 66.3 cm³/mol. The predicted octanol–water partition coefficient (Wildman–Crippen LogP) is 1.04. The highest BCUT2D eigenvalue weighted by molar-refractivity contribution is 5.94. The van der Waals surface area contributed by atoms with Crippen LogP contribution in [0.15, 0.2) is 18.2 Å². The molecule has 5 heteroatoms. The maximum absolute atomic E-state index is 13.1. The van der Waals surface area contributed by atoms with Gasteiger partial charge < -0.3 is 15.5 Å². The van der Waals surface area contributed by atoms with E-state index in [1.807, 2.05) is 19.0 Å². The quantitative estimate of drug-likeness (QED) is 0.799. The summed E-state index contributed by atoms with van der Waals surface area (Å²) >= 11 is 0. The molecule has 17 heavy (non-hydrogen) atoms. The van der Waals surface area contributed by atoms with Gasteiger partial charge in [0.15, 0.2) is 0 Å². The third-order valence-corrected chi connectivity index (χ3v) is 2.40. The van der Waals surface area contributed by atoms with E-state index in [4.69, 9.17) is 5.73 Å². The van der Waals surface area contributed by atoms with E-state index in [9.17, 15) is 9.18 Å². The van der Waals surface area contributed by atoms with Gasteiger partial charge in [0.25, 0.3) is 5.91 Å². The van der Waals surface area contributed by atoms with Crippen molar-refractivity contribution < 1.29 is 9.18 Å². The summed E-state index contributed by atoms with van der Waals surface area (Å²) in [6, 6.07) is 3.87. The minimum Gasteiger partial charge on any atom is -0.399 e. The molecular weight excluding hydrogens is 221 g/mol. The van der Waals surface area contributed by atoms with Crippen LogP contribution in [0.3, 0.4) is 0 Å². The zero-order valence-electron chi connectivity index (χ0n) is 10.4. The standard InChI is InChI=1S/C12H18FN3O/c1-15(2)4-5-16(3)12(17)9-6-10(13)8-11(14)7-9/h6-8H,4-5,14H2,1-3H3. The fraction of sp³-hybridized carbons (Fsp3) is 0.417. The minimum atomic E-state index is -0.491. The van der Waals surface area contributed by atoms with E-state index in [2.05, 4.69) is 0 Å². The van der Waals surface area contributed by atoms with Crippen molar-refractivity contribution in [1.29, 1.82) is 0 Å². The van der Waals surface area contributed by atoms with Crippen molar-refractivity contribution >= 4 is 11.6 Å². The van der Waals surface area contributed by atoms with Crippen LogP contribution in [0.25, 0.3) is 0 Å². The molecule has 94 valence electrons. The number of amides is 1. The molecule has 4 nitrogen and oxygen atoms in total. The van der Waals surface area contributed by atoms with Crippen molar-refractivity contribution in [2.75, 3.05) is 40.0 Å². The van der Waals surface area contributed by atoms with E-state index in [1.54, 1.807) is 11.9 Å². The van der Waals surface area contributed by atoms with Crippen LogP contribution in [-0.4, -0.2) is 49.9 Å². The lowest BCUT2D eigenvalue weighted by molar-refractivity contribution is 0.0786. The number of nitrogen functional groups attached to an aromatic ring is 1. The Morgan fingerprint density at radius 3 is 2.41 bits per heavy atom. The first-order chi connectivity index (χ1) is 7.90. The van der Waals surface area contributed by atoms with Gasteiger partial charge in [0.05, 0.1) is 0 Å². The normalized spacial score (nSPS) is 10.6. The Labute approximate surface area is 101 Å². The molecule has 0 aliphatic heterocycles. The van der Waals surface area contributed by atoms with Crippen molar-refractivity contribution in [3.05, 3.63) is 29.6 Å². The molecule has 1 amide bonds. The molecule has 0 aromatic heterocycles. The SMILES string of the molecule is CN(C)CCN(C)C(=O)c1cc(N)cc(F)c1. The van der Waals surface area contributed by atoms with Crippen molar-refractivity contribution in [2.24, 2.45) is 0 Å². The molecule has 1 rings (SSSR count). The number of hydrogen-bond acceptors (Lipinski definition) is 3. The lowest BCUT2D eigenvalue weighted by Crippen LogP contribution is -2.33. The maximum Gasteiger partial charge on any atom is 0.253 e. The third kappa shape index (κ3) is 4.03. The number of nitrogens with zero attached hydrogens (tertiary/aromatic N) is 2. The number of rotatable bonds is 4. The molecule has 0 unspecified atom stereocenters. The monoisotopic (exact) mass is 239 g/mol. The molecule has 0 aliphatic carbocycles. The zero-order chi connectivity index (χ0) is 13.0. The van der Waals surface area contributed by atoms with E-state index in [0.717, 1.165) is 6.54 Å². The topological polar surface area (TPSA) is 49.6 Å². The average Bonchev–Trinajstić information content (AvgIpc) is 2.23. The van der Waals surface area contributed by atoms with Gasteiger partial charge in [0, 0.05) is 31.4 Å². The van der Waals surface area contributed by atoms with Gasteiger partial charge in [0.2, 0.25) is 0 Å². The summed E-state index contributed by atoms with van der Waals surface area (Å²) < 4.78 is 13.1. The molecule has 0 aliphatic rings. The Balaban J connectivity index is 2.74. The lowest BCUT2D eigenvalue weighted by Gasteiger charge is -2.19. The third-order valence-electron chi connectivity index (χ3n) is 2.40. The number of carbonyl (C=O) groups is 1. The van der Waals surface area contributed by atoms with Gasteiger partial charge in [0.1, 0.15) is 5.82 Å². The van der Waals surface area contributed by atoms with Crippen LogP contribution in [0.2, 0.25) is 0 Å². The number of hydrogen-bond donors (Lipinski definition) is 1. The minimum absolute atomic E-state index is 0.224. The first kappa shape index (κ1) is 13.4. The fourth-order valence-electron chi connectivity index (χ4n) is 1.41. The van der Waals surface area contributed by atoms with Crippen molar-refractivity contribution in [3.63, 3.8) is 0 Å². The highest BCUT2D eigenvalue weighted by atomic mass is 19.1. The van der Waals surface area contributed by atoms with E-state index in [1.165, 1.54) is 18.2 Å². The highest BCUT2D eigenvalue weighted by Gasteiger charge is 2.13. The zero-order valence-corrected chi connectivity index (χ0v) is 10.4. The molecule has 0 atom stereocenters. The van der Waals surface area contributed by atoms with Gasteiger partial charge in [-0.3, -0.25) is 4.79 Å². The number of halogens is 1. The Bertz CT molecular complexity index is 386. The fourth-order valence-corrected chi connectivity index (χ4v) is 1.41. The first-order valence-electron chi connectivity index (χ1n) is 5.36. The largest absolute Gasteiger partial charge is 0.399 e. The molecule has 1 aromatic carbocycles. The van der Waals surface area contributed by atoms with Gasteiger partial charge in [-0.15, -0.1) is 0 Å². The Kier molecular flexibility index (Phi) is 4.45. The van der Waals surface area contributed by atoms with Gasteiger partial charge in [-0.05, 0) is 32.3 Å². The molecule has 1 aromatic rings. The lowest BCUT2D eigenvalue weighted by atomic mass is 10.1. The number of likely N-dealkylation sites (N-methyl/N-ethyl adjacent to an activating group) is 2. The Morgan fingerprint density at radius 2 is 1.88 bits per heavy atom. The van der Waals surface area contributed by atoms with Crippen LogP contribution in [0.4, 0.5) is 10.1 Å². The second kappa shape index (κ2) is 5.63. The van der Waals surface area contributed by atoms with Crippen LogP contribution < -0.4 is 5.73 Å². The second-order valence-electron chi connectivity index (χ2n) is 4.30. The van der Waals surface area contributed by atoms with Crippen LogP contribution in [0.5, 0.6) is 0 Å². The Morgan fingerprint density at radius 1 is 1.24 bits per heavy atom. The molecule has 0 bridgehead atoms. The van der Waals surface area contributed by atoms with Crippen molar-refractivity contribution in [3.8, 4) is 0 Å². The average molecular weight is 239 g/mol. The molecule has 0 radical (unpaired) electrons. The van der Waals surface area contributed by atoms with Crippen LogP contribution in [0, 0.1) is 5.82 Å². The molecular formula is C12H18FN3O. The summed E-state index contributed by atoms with van der Waals surface area (Å²) in [5, 5.41) is 0. The smallest absolute Gasteiger partial charge is 0.253 e. The number of nitrogens with two attached hydrogens (primary N) is 1. The summed E-state index contributed by atoms with van der Waals surface area (Å²) in [5.41, 5.74) is 6.04. The molecule has 0 fully saturated rings.